The number of amides is 1. The van der Waals surface area contributed by atoms with E-state index in [2.05, 4.69) is 38.3 Å². The molecule has 0 saturated heterocycles. The molecule has 0 aromatic heterocycles. The Balaban J connectivity index is 4.36. The van der Waals surface area contributed by atoms with Crippen molar-refractivity contribution in [2.45, 2.75) is 72.5 Å². The molecule has 0 aliphatic rings. The highest BCUT2D eigenvalue weighted by Gasteiger charge is 2.22. The van der Waals surface area contributed by atoms with Crippen molar-refractivity contribution in [2.24, 2.45) is 11.8 Å². The zero-order chi connectivity index (χ0) is 13.5. The van der Waals surface area contributed by atoms with Gasteiger partial charge in [-0.3, -0.25) is 10.1 Å². The summed E-state index contributed by atoms with van der Waals surface area (Å²) < 4.78 is 0. The van der Waals surface area contributed by atoms with Gasteiger partial charge in [-0.05, 0) is 38.5 Å². The highest BCUT2D eigenvalue weighted by molar-refractivity contribution is 5.47. The molecule has 0 aromatic rings. The van der Waals surface area contributed by atoms with Crippen LogP contribution in [-0.4, -0.2) is 18.1 Å². The van der Waals surface area contributed by atoms with Crippen LogP contribution in [0.3, 0.4) is 0 Å². The van der Waals surface area contributed by atoms with Gasteiger partial charge in [0.25, 0.3) is 0 Å². The first-order chi connectivity index (χ1) is 7.82. The van der Waals surface area contributed by atoms with Gasteiger partial charge < -0.3 is 5.32 Å². The Hall–Kier alpha value is -0.570. The first kappa shape index (κ1) is 16.4. The average Bonchev–Trinajstić information content (AvgIpc) is 2.16. The summed E-state index contributed by atoms with van der Waals surface area (Å²) in [6, 6.07) is 0.472. The second-order valence-electron chi connectivity index (χ2n) is 5.97. The molecule has 0 aromatic carbocycles. The van der Waals surface area contributed by atoms with Gasteiger partial charge in [0.05, 0.1) is 5.66 Å². The standard InChI is InChI=1S/C14H30N2O/c1-7-8-13(9-12(4)11(2)3)16-14(5,6)15-10-17/h10-13,16H,7-9H2,1-6H3,(H,15,17)/t12-,13?/m0/s1. The predicted molar refractivity (Wildman–Crippen MR) is 73.7 cm³/mol. The van der Waals surface area contributed by atoms with Crippen LogP contribution in [0.15, 0.2) is 0 Å². The highest BCUT2D eigenvalue weighted by Crippen LogP contribution is 2.19. The first-order valence-corrected chi connectivity index (χ1v) is 6.81. The topological polar surface area (TPSA) is 41.1 Å². The lowest BCUT2D eigenvalue weighted by Crippen LogP contribution is -2.55. The Morgan fingerprint density at radius 2 is 1.82 bits per heavy atom. The van der Waals surface area contributed by atoms with E-state index < -0.39 is 0 Å². The van der Waals surface area contributed by atoms with Crippen molar-refractivity contribution < 1.29 is 4.79 Å². The van der Waals surface area contributed by atoms with Gasteiger partial charge in [-0.15, -0.1) is 0 Å². The summed E-state index contributed by atoms with van der Waals surface area (Å²) in [7, 11) is 0. The fraction of sp³-hybridized carbons (Fsp3) is 0.929. The van der Waals surface area contributed by atoms with Crippen molar-refractivity contribution in [3.05, 3.63) is 0 Å². The predicted octanol–water partition coefficient (Wildman–Crippen LogP) is 2.91. The minimum Gasteiger partial charge on any atom is -0.341 e. The van der Waals surface area contributed by atoms with Gasteiger partial charge in [0.15, 0.2) is 0 Å². The normalized spacial score (nSPS) is 15.7. The maximum atomic E-state index is 10.5. The molecule has 2 N–H and O–H groups in total. The molecule has 0 rings (SSSR count). The second kappa shape index (κ2) is 7.70. The Bertz CT molecular complexity index is 214. The largest absolute Gasteiger partial charge is 0.341 e. The first-order valence-electron chi connectivity index (χ1n) is 6.81. The minimum absolute atomic E-state index is 0.321. The zero-order valence-electron chi connectivity index (χ0n) is 12.3. The van der Waals surface area contributed by atoms with Crippen LogP contribution in [0.2, 0.25) is 0 Å². The Labute approximate surface area is 107 Å². The maximum Gasteiger partial charge on any atom is 0.208 e. The van der Waals surface area contributed by atoms with Gasteiger partial charge in [0, 0.05) is 6.04 Å². The lowest BCUT2D eigenvalue weighted by atomic mass is 9.89. The highest BCUT2D eigenvalue weighted by atomic mass is 16.1. The van der Waals surface area contributed by atoms with Gasteiger partial charge in [-0.25, -0.2) is 0 Å². The summed E-state index contributed by atoms with van der Waals surface area (Å²) in [6.45, 7) is 13.0. The van der Waals surface area contributed by atoms with Gasteiger partial charge >= 0.3 is 0 Å². The molecule has 102 valence electrons. The number of rotatable bonds is 9. The van der Waals surface area contributed by atoms with Gasteiger partial charge in [0.2, 0.25) is 6.41 Å². The number of nitrogens with one attached hydrogen (secondary N) is 2. The van der Waals surface area contributed by atoms with E-state index in [1.165, 1.54) is 6.42 Å². The Morgan fingerprint density at radius 3 is 2.24 bits per heavy atom. The molecular formula is C14H30N2O. The molecule has 3 nitrogen and oxygen atoms in total. The van der Waals surface area contributed by atoms with Crippen molar-refractivity contribution in [3.63, 3.8) is 0 Å². The smallest absolute Gasteiger partial charge is 0.208 e. The van der Waals surface area contributed by atoms with Gasteiger partial charge in [-0.2, -0.15) is 0 Å². The third kappa shape index (κ3) is 7.37. The fourth-order valence-corrected chi connectivity index (χ4v) is 2.02. The summed E-state index contributed by atoms with van der Waals surface area (Å²) in [5.74, 6) is 1.41. The molecule has 2 atom stereocenters. The van der Waals surface area contributed by atoms with E-state index in [9.17, 15) is 4.79 Å². The average molecular weight is 242 g/mol. The molecule has 0 spiro atoms. The van der Waals surface area contributed by atoms with Crippen molar-refractivity contribution in [2.75, 3.05) is 0 Å². The summed E-state index contributed by atoms with van der Waals surface area (Å²) in [6.07, 6.45) is 4.25. The van der Waals surface area contributed by atoms with Crippen molar-refractivity contribution in [1.82, 2.24) is 10.6 Å². The second-order valence-corrected chi connectivity index (χ2v) is 5.97. The van der Waals surface area contributed by atoms with E-state index in [-0.39, 0.29) is 5.66 Å². The summed E-state index contributed by atoms with van der Waals surface area (Å²) in [5, 5.41) is 6.36. The molecule has 0 fully saturated rings. The molecule has 0 heterocycles. The summed E-state index contributed by atoms with van der Waals surface area (Å²) >= 11 is 0. The molecule has 1 unspecified atom stereocenters. The number of hydrogen-bond donors (Lipinski definition) is 2. The molecule has 1 amide bonds. The minimum atomic E-state index is -0.321. The Morgan fingerprint density at radius 1 is 1.24 bits per heavy atom. The van der Waals surface area contributed by atoms with Crippen LogP contribution in [0.25, 0.3) is 0 Å². The van der Waals surface area contributed by atoms with Crippen LogP contribution < -0.4 is 10.6 Å². The molecule has 0 bridgehead atoms. The monoisotopic (exact) mass is 242 g/mol. The van der Waals surface area contributed by atoms with Crippen LogP contribution in [0.1, 0.15) is 60.8 Å². The molecule has 0 aliphatic heterocycles. The van der Waals surface area contributed by atoms with Crippen molar-refractivity contribution >= 4 is 6.41 Å². The van der Waals surface area contributed by atoms with E-state index in [1.54, 1.807) is 0 Å². The lowest BCUT2D eigenvalue weighted by Gasteiger charge is -2.33. The zero-order valence-corrected chi connectivity index (χ0v) is 12.3. The SMILES string of the molecule is CCCC(C[C@H](C)C(C)C)NC(C)(C)NC=O. The number of carbonyl (C=O) groups excluding carboxylic acids is 1. The van der Waals surface area contributed by atoms with Crippen LogP contribution in [0, 0.1) is 11.8 Å². The maximum absolute atomic E-state index is 10.5. The summed E-state index contributed by atoms with van der Waals surface area (Å²) in [4.78, 5) is 10.5. The summed E-state index contributed by atoms with van der Waals surface area (Å²) in [5.41, 5.74) is -0.321. The molecule has 0 radical (unpaired) electrons. The molecule has 0 aliphatic carbocycles. The number of carbonyl (C=O) groups is 1. The van der Waals surface area contributed by atoms with Crippen LogP contribution >= 0.6 is 0 Å². The van der Waals surface area contributed by atoms with Crippen molar-refractivity contribution in [3.8, 4) is 0 Å². The van der Waals surface area contributed by atoms with E-state index in [0.29, 0.717) is 17.9 Å². The van der Waals surface area contributed by atoms with E-state index in [0.717, 1.165) is 19.3 Å². The third-order valence-electron chi connectivity index (χ3n) is 3.42. The lowest BCUT2D eigenvalue weighted by molar-refractivity contribution is -0.111. The van der Waals surface area contributed by atoms with Crippen LogP contribution in [0.5, 0.6) is 0 Å². The van der Waals surface area contributed by atoms with Crippen molar-refractivity contribution in [1.29, 1.82) is 0 Å². The van der Waals surface area contributed by atoms with Gasteiger partial charge in [0.1, 0.15) is 0 Å². The third-order valence-corrected chi connectivity index (χ3v) is 3.42. The molecular weight excluding hydrogens is 212 g/mol. The van der Waals surface area contributed by atoms with Crippen LogP contribution in [-0.2, 0) is 4.79 Å². The van der Waals surface area contributed by atoms with E-state index in [4.69, 9.17) is 0 Å². The molecule has 3 heteroatoms. The quantitative estimate of drug-likeness (QED) is 0.482. The van der Waals surface area contributed by atoms with Crippen LogP contribution in [0.4, 0.5) is 0 Å². The number of hydrogen-bond acceptors (Lipinski definition) is 2. The van der Waals surface area contributed by atoms with Gasteiger partial charge in [-0.1, -0.05) is 34.1 Å². The Kier molecular flexibility index (Phi) is 7.44. The van der Waals surface area contributed by atoms with E-state index in [1.807, 2.05) is 13.8 Å². The fourth-order valence-electron chi connectivity index (χ4n) is 2.02. The molecule has 17 heavy (non-hydrogen) atoms. The molecule has 0 saturated carbocycles. The van der Waals surface area contributed by atoms with E-state index >= 15 is 0 Å².